The van der Waals surface area contributed by atoms with Gasteiger partial charge in [-0.1, -0.05) is 45.9 Å². The highest BCUT2D eigenvalue weighted by molar-refractivity contribution is 5.61. The Bertz CT molecular complexity index is 395. The Morgan fingerprint density at radius 1 is 1.25 bits per heavy atom. The molecule has 1 rings (SSSR count). The van der Waals surface area contributed by atoms with Gasteiger partial charge in [0.1, 0.15) is 5.75 Å². The van der Waals surface area contributed by atoms with E-state index in [0.717, 1.165) is 17.5 Å². The number of hydrogen-bond acceptors (Lipinski definition) is 1. The van der Waals surface area contributed by atoms with Gasteiger partial charge in [0.25, 0.3) is 0 Å². The van der Waals surface area contributed by atoms with Gasteiger partial charge >= 0.3 is 0 Å². The highest BCUT2D eigenvalue weighted by Crippen LogP contribution is 2.34. The van der Waals surface area contributed by atoms with E-state index in [9.17, 15) is 5.11 Å². The summed E-state index contributed by atoms with van der Waals surface area (Å²) in [4.78, 5) is 0. The zero-order valence-corrected chi connectivity index (χ0v) is 11.0. The van der Waals surface area contributed by atoms with Gasteiger partial charge in [0.15, 0.2) is 0 Å². The number of aromatic hydroxyl groups is 1. The number of aryl methyl sites for hydroxylation is 1. The third kappa shape index (κ3) is 2.88. The Morgan fingerprint density at radius 2 is 1.88 bits per heavy atom. The Balaban J connectivity index is 3.32. The van der Waals surface area contributed by atoms with E-state index in [2.05, 4.69) is 46.8 Å². The van der Waals surface area contributed by atoms with Crippen molar-refractivity contribution in [1.82, 2.24) is 0 Å². The fourth-order valence-corrected chi connectivity index (χ4v) is 1.75. The molecule has 88 valence electrons. The highest BCUT2D eigenvalue weighted by Gasteiger charge is 2.19. The molecule has 0 spiro atoms. The minimum atomic E-state index is -0.0229. The molecule has 1 nitrogen and oxygen atoms in total. The first-order valence-corrected chi connectivity index (χ1v) is 5.87. The smallest absolute Gasteiger partial charge is 0.126 e. The number of allylic oxidation sites excluding steroid dienone is 1. The molecule has 0 heterocycles. The Kier molecular flexibility index (Phi) is 3.79. The molecule has 1 aromatic carbocycles. The van der Waals surface area contributed by atoms with E-state index in [1.54, 1.807) is 0 Å². The number of hydrogen-bond donors (Lipinski definition) is 1. The van der Waals surface area contributed by atoms with E-state index in [-0.39, 0.29) is 5.41 Å². The summed E-state index contributed by atoms with van der Waals surface area (Å²) in [7, 11) is 0. The fourth-order valence-electron chi connectivity index (χ4n) is 1.75. The average Bonchev–Trinajstić information content (AvgIpc) is 2.17. The van der Waals surface area contributed by atoms with Crippen molar-refractivity contribution in [3.05, 3.63) is 34.9 Å². The van der Waals surface area contributed by atoms with Crippen LogP contribution in [0.4, 0.5) is 0 Å². The Labute approximate surface area is 98.8 Å². The summed E-state index contributed by atoms with van der Waals surface area (Å²) in [5.41, 5.74) is 3.11. The van der Waals surface area contributed by atoms with E-state index in [1.165, 1.54) is 5.56 Å². The van der Waals surface area contributed by atoms with Gasteiger partial charge in [-0.2, -0.15) is 0 Å². The van der Waals surface area contributed by atoms with Crippen LogP contribution in [0.1, 0.15) is 50.8 Å². The Hall–Kier alpha value is -1.24. The number of phenols is 1. The van der Waals surface area contributed by atoms with Crippen LogP contribution >= 0.6 is 0 Å². The van der Waals surface area contributed by atoms with Crippen molar-refractivity contribution >= 4 is 6.08 Å². The van der Waals surface area contributed by atoms with Crippen LogP contribution in [0.3, 0.4) is 0 Å². The second-order valence-corrected chi connectivity index (χ2v) is 5.31. The summed E-state index contributed by atoms with van der Waals surface area (Å²) in [6, 6.07) is 4.09. The predicted octanol–water partition coefficient (Wildman–Crippen LogP) is 4.42. The number of rotatable bonds is 2. The lowest BCUT2D eigenvalue weighted by atomic mass is 9.84. The van der Waals surface area contributed by atoms with Gasteiger partial charge in [-0.3, -0.25) is 0 Å². The van der Waals surface area contributed by atoms with Crippen molar-refractivity contribution in [1.29, 1.82) is 0 Å². The van der Waals surface area contributed by atoms with Gasteiger partial charge in [-0.15, -0.1) is 0 Å². The number of benzene rings is 1. The second-order valence-electron chi connectivity index (χ2n) is 5.31. The first kappa shape index (κ1) is 12.8. The highest BCUT2D eigenvalue weighted by atomic mass is 16.3. The predicted molar refractivity (Wildman–Crippen MR) is 70.9 cm³/mol. The fraction of sp³-hybridized carbons (Fsp3) is 0.467. The van der Waals surface area contributed by atoms with Crippen molar-refractivity contribution < 1.29 is 5.11 Å². The zero-order valence-electron chi connectivity index (χ0n) is 11.0. The molecule has 0 saturated carbocycles. The molecule has 0 aliphatic rings. The molecule has 0 amide bonds. The van der Waals surface area contributed by atoms with Crippen molar-refractivity contribution in [2.75, 3.05) is 0 Å². The Morgan fingerprint density at radius 3 is 2.38 bits per heavy atom. The summed E-state index contributed by atoms with van der Waals surface area (Å²) in [6.45, 7) is 10.5. The van der Waals surface area contributed by atoms with Crippen LogP contribution in [0.2, 0.25) is 0 Å². The van der Waals surface area contributed by atoms with E-state index in [1.807, 2.05) is 12.1 Å². The molecule has 0 atom stereocenters. The van der Waals surface area contributed by atoms with Crippen molar-refractivity contribution in [2.24, 2.45) is 0 Å². The maximum Gasteiger partial charge on any atom is 0.126 e. The molecule has 1 heteroatoms. The molecule has 0 aromatic heterocycles. The summed E-state index contributed by atoms with van der Waals surface area (Å²) < 4.78 is 0. The third-order valence-corrected chi connectivity index (χ3v) is 2.62. The summed E-state index contributed by atoms with van der Waals surface area (Å²) in [5.74, 6) is 0.419. The minimum absolute atomic E-state index is 0.0229. The standard InChI is InChI=1S/C15H22O/c1-6-7-8-12-9-11(2)10-13(14(12)16)15(3,4)5/h7-10,16H,6H2,1-5H3. The lowest BCUT2D eigenvalue weighted by Crippen LogP contribution is -2.12. The van der Waals surface area contributed by atoms with Gasteiger partial charge in [0, 0.05) is 11.1 Å². The van der Waals surface area contributed by atoms with E-state index < -0.39 is 0 Å². The van der Waals surface area contributed by atoms with E-state index in [4.69, 9.17) is 0 Å². The molecule has 0 aliphatic carbocycles. The molecule has 0 saturated heterocycles. The summed E-state index contributed by atoms with van der Waals surface area (Å²) >= 11 is 0. The van der Waals surface area contributed by atoms with Crippen molar-refractivity contribution in [3.63, 3.8) is 0 Å². The van der Waals surface area contributed by atoms with Gasteiger partial charge in [0.2, 0.25) is 0 Å². The largest absolute Gasteiger partial charge is 0.507 e. The van der Waals surface area contributed by atoms with Crippen LogP contribution in [0.25, 0.3) is 6.08 Å². The van der Waals surface area contributed by atoms with Crippen LogP contribution in [-0.2, 0) is 5.41 Å². The molecule has 1 aromatic rings. The van der Waals surface area contributed by atoms with Gasteiger partial charge in [0.05, 0.1) is 0 Å². The molecule has 0 aliphatic heterocycles. The molecular formula is C15H22O. The van der Waals surface area contributed by atoms with E-state index in [0.29, 0.717) is 5.75 Å². The first-order chi connectivity index (χ1) is 7.36. The van der Waals surface area contributed by atoms with Gasteiger partial charge in [-0.25, -0.2) is 0 Å². The number of phenolic OH excluding ortho intramolecular Hbond substituents is 1. The lowest BCUT2D eigenvalue weighted by Gasteiger charge is -2.22. The molecule has 0 fully saturated rings. The van der Waals surface area contributed by atoms with Crippen LogP contribution in [0, 0.1) is 6.92 Å². The third-order valence-electron chi connectivity index (χ3n) is 2.62. The topological polar surface area (TPSA) is 20.2 Å². The van der Waals surface area contributed by atoms with Crippen LogP contribution in [-0.4, -0.2) is 5.11 Å². The molecule has 0 bridgehead atoms. The first-order valence-electron chi connectivity index (χ1n) is 5.87. The summed E-state index contributed by atoms with van der Waals surface area (Å²) in [5, 5.41) is 10.2. The van der Waals surface area contributed by atoms with Crippen LogP contribution < -0.4 is 0 Å². The van der Waals surface area contributed by atoms with Crippen molar-refractivity contribution in [3.8, 4) is 5.75 Å². The molecule has 1 N–H and O–H groups in total. The maximum atomic E-state index is 10.2. The van der Waals surface area contributed by atoms with Crippen LogP contribution in [0.15, 0.2) is 18.2 Å². The molecule has 16 heavy (non-hydrogen) atoms. The minimum Gasteiger partial charge on any atom is -0.507 e. The monoisotopic (exact) mass is 218 g/mol. The maximum absolute atomic E-state index is 10.2. The second kappa shape index (κ2) is 4.73. The zero-order chi connectivity index (χ0) is 12.3. The lowest BCUT2D eigenvalue weighted by molar-refractivity contribution is 0.445. The van der Waals surface area contributed by atoms with Crippen molar-refractivity contribution in [2.45, 2.75) is 46.5 Å². The molecular weight excluding hydrogens is 196 g/mol. The molecule has 0 radical (unpaired) electrons. The normalized spacial score (nSPS) is 12.3. The SMILES string of the molecule is CCC=Cc1cc(C)cc(C(C)(C)C)c1O. The van der Waals surface area contributed by atoms with Crippen LogP contribution in [0.5, 0.6) is 5.75 Å². The summed E-state index contributed by atoms with van der Waals surface area (Å²) in [6.07, 6.45) is 5.05. The average molecular weight is 218 g/mol. The van der Waals surface area contributed by atoms with Gasteiger partial charge < -0.3 is 5.11 Å². The van der Waals surface area contributed by atoms with E-state index >= 15 is 0 Å². The van der Waals surface area contributed by atoms with Gasteiger partial charge in [-0.05, 0) is 30.4 Å². The quantitative estimate of drug-likeness (QED) is 0.779. The molecule has 0 unspecified atom stereocenters.